The van der Waals surface area contributed by atoms with Crippen LogP contribution in [-0.4, -0.2) is 16.4 Å². The van der Waals surface area contributed by atoms with E-state index in [9.17, 15) is 0 Å². The molecule has 1 unspecified atom stereocenters. The van der Waals surface area contributed by atoms with Gasteiger partial charge >= 0.3 is 0 Å². The molecule has 96 valence electrons. The average Bonchev–Trinajstić information content (AvgIpc) is 2.76. The van der Waals surface area contributed by atoms with Crippen LogP contribution >= 0.6 is 0 Å². The van der Waals surface area contributed by atoms with Crippen LogP contribution in [0.3, 0.4) is 0 Å². The fraction of sp³-hybridized carbons (Fsp3) is 0.357. The standard InChI is InChI=1S/C14H19N3O/c1-11(15)12-3-5-14(6-4-12)18-10-8-13-7-9-16-17(13)2/h3-7,9,11H,8,10,15H2,1-2H3. The zero-order chi connectivity index (χ0) is 13.0. The number of aromatic nitrogens is 2. The van der Waals surface area contributed by atoms with Gasteiger partial charge in [-0.2, -0.15) is 5.10 Å². The molecule has 0 radical (unpaired) electrons. The molecule has 0 fully saturated rings. The van der Waals surface area contributed by atoms with Crippen LogP contribution in [-0.2, 0) is 13.5 Å². The summed E-state index contributed by atoms with van der Waals surface area (Å²) >= 11 is 0. The number of hydrogen-bond donors (Lipinski definition) is 1. The number of ether oxygens (including phenoxy) is 1. The predicted octanol–water partition coefficient (Wildman–Crippen LogP) is 2.06. The van der Waals surface area contributed by atoms with Gasteiger partial charge in [0.1, 0.15) is 5.75 Å². The van der Waals surface area contributed by atoms with E-state index in [1.54, 1.807) is 6.20 Å². The van der Waals surface area contributed by atoms with Gasteiger partial charge in [0.2, 0.25) is 0 Å². The van der Waals surface area contributed by atoms with Gasteiger partial charge in [-0.05, 0) is 30.7 Å². The predicted molar refractivity (Wildman–Crippen MR) is 71.5 cm³/mol. The molecule has 0 saturated carbocycles. The maximum Gasteiger partial charge on any atom is 0.119 e. The molecule has 4 heteroatoms. The smallest absolute Gasteiger partial charge is 0.119 e. The Morgan fingerprint density at radius 3 is 2.56 bits per heavy atom. The van der Waals surface area contributed by atoms with Gasteiger partial charge < -0.3 is 10.5 Å². The van der Waals surface area contributed by atoms with Gasteiger partial charge in [-0.25, -0.2) is 0 Å². The molecule has 0 aliphatic heterocycles. The number of aryl methyl sites for hydroxylation is 1. The Hall–Kier alpha value is -1.81. The van der Waals surface area contributed by atoms with Gasteiger partial charge in [0.05, 0.1) is 6.61 Å². The highest BCUT2D eigenvalue weighted by atomic mass is 16.5. The second-order valence-electron chi connectivity index (χ2n) is 4.40. The molecule has 4 nitrogen and oxygen atoms in total. The van der Waals surface area contributed by atoms with Gasteiger partial charge in [0.25, 0.3) is 0 Å². The third-order valence-electron chi connectivity index (χ3n) is 2.96. The molecule has 1 aromatic carbocycles. The molecular weight excluding hydrogens is 226 g/mol. The van der Waals surface area contributed by atoms with Crippen molar-refractivity contribution in [3.63, 3.8) is 0 Å². The molecule has 0 saturated heterocycles. The lowest BCUT2D eigenvalue weighted by Gasteiger charge is -2.09. The van der Waals surface area contributed by atoms with Crippen LogP contribution in [0.15, 0.2) is 36.5 Å². The number of benzene rings is 1. The van der Waals surface area contributed by atoms with Crippen LogP contribution in [0.1, 0.15) is 24.2 Å². The lowest BCUT2D eigenvalue weighted by atomic mass is 10.1. The largest absolute Gasteiger partial charge is 0.493 e. The molecule has 0 aliphatic rings. The molecule has 0 spiro atoms. The van der Waals surface area contributed by atoms with Crippen molar-refractivity contribution in [1.82, 2.24) is 9.78 Å². The minimum Gasteiger partial charge on any atom is -0.493 e. The molecule has 0 amide bonds. The summed E-state index contributed by atoms with van der Waals surface area (Å²) in [4.78, 5) is 0. The fourth-order valence-electron chi connectivity index (χ4n) is 1.79. The molecule has 2 rings (SSSR count). The van der Waals surface area contributed by atoms with E-state index in [4.69, 9.17) is 10.5 Å². The number of hydrogen-bond acceptors (Lipinski definition) is 3. The SMILES string of the molecule is CC(N)c1ccc(OCCc2ccnn2C)cc1. The van der Waals surface area contributed by atoms with E-state index < -0.39 is 0 Å². The Balaban J connectivity index is 1.85. The normalized spacial score (nSPS) is 12.4. The molecule has 1 aromatic heterocycles. The molecule has 0 aliphatic carbocycles. The highest BCUT2D eigenvalue weighted by Crippen LogP contribution is 2.16. The van der Waals surface area contributed by atoms with Crippen LogP contribution in [0.2, 0.25) is 0 Å². The van der Waals surface area contributed by atoms with Crippen molar-refractivity contribution in [3.05, 3.63) is 47.8 Å². The van der Waals surface area contributed by atoms with Crippen molar-refractivity contribution in [2.45, 2.75) is 19.4 Å². The van der Waals surface area contributed by atoms with Crippen LogP contribution < -0.4 is 10.5 Å². The van der Waals surface area contributed by atoms with Gasteiger partial charge in [-0.3, -0.25) is 4.68 Å². The van der Waals surface area contributed by atoms with Gasteiger partial charge in [-0.1, -0.05) is 12.1 Å². The monoisotopic (exact) mass is 245 g/mol. The van der Waals surface area contributed by atoms with Crippen molar-refractivity contribution >= 4 is 0 Å². The quantitative estimate of drug-likeness (QED) is 0.877. The topological polar surface area (TPSA) is 53.1 Å². The lowest BCUT2D eigenvalue weighted by molar-refractivity contribution is 0.318. The Kier molecular flexibility index (Phi) is 3.99. The Labute approximate surface area is 107 Å². The zero-order valence-electron chi connectivity index (χ0n) is 10.8. The number of nitrogens with two attached hydrogens (primary N) is 1. The Bertz CT molecular complexity index is 488. The van der Waals surface area contributed by atoms with E-state index in [-0.39, 0.29) is 6.04 Å². The van der Waals surface area contributed by atoms with E-state index in [0.29, 0.717) is 6.61 Å². The van der Waals surface area contributed by atoms with Crippen molar-refractivity contribution in [2.75, 3.05) is 6.61 Å². The minimum absolute atomic E-state index is 0.0634. The van der Waals surface area contributed by atoms with Crippen molar-refractivity contribution in [2.24, 2.45) is 12.8 Å². The summed E-state index contributed by atoms with van der Waals surface area (Å²) in [5.41, 5.74) is 8.08. The summed E-state index contributed by atoms with van der Waals surface area (Å²) < 4.78 is 7.55. The first-order valence-corrected chi connectivity index (χ1v) is 6.12. The van der Waals surface area contributed by atoms with Gasteiger partial charge in [-0.15, -0.1) is 0 Å². The summed E-state index contributed by atoms with van der Waals surface area (Å²) in [6.45, 7) is 2.62. The van der Waals surface area contributed by atoms with Crippen LogP contribution in [0.25, 0.3) is 0 Å². The summed E-state index contributed by atoms with van der Waals surface area (Å²) in [6.07, 6.45) is 2.65. The summed E-state index contributed by atoms with van der Waals surface area (Å²) in [7, 11) is 1.94. The maximum atomic E-state index is 5.79. The average molecular weight is 245 g/mol. The molecule has 0 bridgehead atoms. The molecular formula is C14H19N3O. The van der Waals surface area contributed by atoms with Crippen molar-refractivity contribution < 1.29 is 4.74 Å². The molecule has 1 atom stereocenters. The molecule has 1 heterocycles. The highest BCUT2D eigenvalue weighted by Gasteiger charge is 2.01. The lowest BCUT2D eigenvalue weighted by Crippen LogP contribution is -2.07. The summed E-state index contributed by atoms with van der Waals surface area (Å²) in [5, 5.41) is 4.12. The highest BCUT2D eigenvalue weighted by molar-refractivity contribution is 5.28. The zero-order valence-corrected chi connectivity index (χ0v) is 10.8. The summed E-state index contributed by atoms with van der Waals surface area (Å²) in [6, 6.07) is 9.99. The maximum absolute atomic E-state index is 5.79. The van der Waals surface area contributed by atoms with Crippen molar-refractivity contribution in [3.8, 4) is 5.75 Å². The Morgan fingerprint density at radius 2 is 2.00 bits per heavy atom. The molecule has 18 heavy (non-hydrogen) atoms. The fourth-order valence-corrected chi connectivity index (χ4v) is 1.79. The third kappa shape index (κ3) is 3.11. The number of rotatable bonds is 5. The first kappa shape index (κ1) is 12.6. The first-order chi connectivity index (χ1) is 8.66. The second kappa shape index (κ2) is 5.69. The minimum atomic E-state index is 0.0634. The molecule has 2 N–H and O–H groups in total. The van der Waals surface area contributed by atoms with Crippen LogP contribution in [0.5, 0.6) is 5.75 Å². The number of nitrogens with zero attached hydrogens (tertiary/aromatic N) is 2. The van der Waals surface area contributed by atoms with E-state index >= 15 is 0 Å². The van der Waals surface area contributed by atoms with E-state index in [0.717, 1.165) is 17.7 Å². The van der Waals surface area contributed by atoms with Gasteiger partial charge in [0, 0.05) is 31.4 Å². The van der Waals surface area contributed by atoms with Gasteiger partial charge in [0.15, 0.2) is 0 Å². The van der Waals surface area contributed by atoms with Crippen LogP contribution in [0, 0.1) is 0 Å². The Morgan fingerprint density at radius 1 is 1.28 bits per heavy atom. The van der Waals surface area contributed by atoms with Crippen molar-refractivity contribution in [1.29, 1.82) is 0 Å². The second-order valence-corrected chi connectivity index (χ2v) is 4.40. The van der Waals surface area contributed by atoms with E-state index in [1.807, 2.05) is 49.0 Å². The third-order valence-corrected chi connectivity index (χ3v) is 2.96. The summed E-state index contributed by atoms with van der Waals surface area (Å²) in [5.74, 6) is 0.876. The van der Waals surface area contributed by atoms with E-state index in [2.05, 4.69) is 5.10 Å². The first-order valence-electron chi connectivity index (χ1n) is 6.12. The van der Waals surface area contributed by atoms with Crippen LogP contribution in [0.4, 0.5) is 0 Å². The van der Waals surface area contributed by atoms with E-state index in [1.165, 1.54) is 5.69 Å². The molecule has 2 aromatic rings.